The van der Waals surface area contributed by atoms with E-state index in [1.165, 1.54) is 11.9 Å². The number of sulfonamides is 1. The molecule has 0 saturated carbocycles. The van der Waals surface area contributed by atoms with Crippen LogP contribution in [0.15, 0.2) is 64.6 Å². The lowest BCUT2D eigenvalue weighted by molar-refractivity contribution is 0.554. The van der Waals surface area contributed by atoms with Crippen LogP contribution >= 0.6 is 11.9 Å². The van der Waals surface area contributed by atoms with Gasteiger partial charge in [-0.15, -0.1) is 3.82 Å². The Balaban J connectivity index is 1.91. The zero-order valence-corrected chi connectivity index (χ0v) is 13.1. The quantitative estimate of drug-likeness (QED) is 0.817. The second-order valence-electron chi connectivity index (χ2n) is 4.71. The monoisotopic (exact) mass is 318 g/mol. The van der Waals surface area contributed by atoms with E-state index in [9.17, 15) is 8.42 Å². The molecule has 0 amide bonds. The minimum absolute atomic E-state index is 0.263. The molecule has 0 aliphatic carbocycles. The largest absolute Gasteiger partial charge is 0.288 e. The maximum Gasteiger partial charge on any atom is 0.288 e. The molecule has 0 radical (unpaired) electrons. The molecule has 0 fully saturated rings. The van der Waals surface area contributed by atoms with E-state index in [4.69, 9.17) is 0 Å². The van der Waals surface area contributed by atoms with Gasteiger partial charge in [0, 0.05) is 0 Å². The highest BCUT2D eigenvalue weighted by atomic mass is 32.3. The number of hydrazone groups is 1. The van der Waals surface area contributed by atoms with Crippen molar-refractivity contribution in [3.63, 3.8) is 0 Å². The van der Waals surface area contributed by atoms with Crippen molar-refractivity contribution >= 4 is 27.7 Å². The molecule has 2 aromatic rings. The topological polar surface area (TPSA) is 49.7 Å². The van der Waals surface area contributed by atoms with Crippen molar-refractivity contribution in [3.05, 3.63) is 65.7 Å². The molecule has 0 spiro atoms. The summed E-state index contributed by atoms with van der Waals surface area (Å²) in [6, 6.07) is 16.4. The first-order valence-electron chi connectivity index (χ1n) is 6.45. The lowest BCUT2D eigenvalue weighted by atomic mass is 10.1. The van der Waals surface area contributed by atoms with E-state index in [1.54, 1.807) is 24.3 Å². The highest BCUT2D eigenvalue weighted by Gasteiger charge is 2.29. The van der Waals surface area contributed by atoms with Gasteiger partial charge in [0.2, 0.25) is 0 Å². The summed E-state index contributed by atoms with van der Waals surface area (Å²) < 4.78 is 26.2. The normalized spacial score (nSPS) is 15.1. The first kappa shape index (κ1) is 14.2. The summed E-state index contributed by atoms with van der Waals surface area (Å²) in [6.07, 6.45) is 0. The Morgan fingerprint density at radius 2 is 1.71 bits per heavy atom. The molecule has 1 heterocycles. The van der Waals surface area contributed by atoms with Crippen molar-refractivity contribution in [2.75, 3.05) is 5.75 Å². The first-order chi connectivity index (χ1) is 10.1. The molecule has 4 nitrogen and oxygen atoms in total. The summed E-state index contributed by atoms with van der Waals surface area (Å²) in [4.78, 5) is 0.263. The molecule has 1 aliphatic rings. The average molecular weight is 318 g/mol. The van der Waals surface area contributed by atoms with Crippen LogP contribution in [-0.2, 0) is 10.0 Å². The number of rotatable bonds is 3. The van der Waals surface area contributed by atoms with Gasteiger partial charge in [-0.05, 0) is 36.6 Å². The van der Waals surface area contributed by atoms with Crippen molar-refractivity contribution in [2.24, 2.45) is 5.10 Å². The van der Waals surface area contributed by atoms with Gasteiger partial charge in [-0.25, -0.2) is 0 Å². The Morgan fingerprint density at radius 1 is 1.05 bits per heavy atom. The van der Waals surface area contributed by atoms with E-state index < -0.39 is 10.0 Å². The predicted octanol–water partition coefficient (Wildman–Crippen LogP) is 3.05. The van der Waals surface area contributed by atoms with Gasteiger partial charge in [-0.2, -0.15) is 13.5 Å². The van der Waals surface area contributed by atoms with Crippen molar-refractivity contribution < 1.29 is 8.42 Å². The molecular formula is C15H14N2O2S2. The van der Waals surface area contributed by atoms with Gasteiger partial charge in [-0.1, -0.05) is 48.0 Å². The number of hydrogen-bond acceptors (Lipinski definition) is 4. The molecule has 0 unspecified atom stereocenters. The minimum Gasteiger partial charge on any atom is -0.199 e. The van der Waals surface area contributed by atoms with E-state index in [2.05, 4.69) is 5.10 Å². The van der Waals surface area contributed by atoms with Crippen LogP contribution in [0, 0.1) is 6.92 Å². The number of benzene rings is 2. The average Bonchev–Trinajstić information content (AvgIpc) is 2.99. The van der Waals surface area contributed by atoms with Gasteiger partial charge in [0.15, 0.2) is 0 Å². The third-order valence-electron chi connectivity index (χ3n) is 3.15. The maximum atomic E-state index is 12.5. The molecule has 0 N–H and O–H groups in total. The first-order valence-corrected chi connectivity index (χ1v) is 8.83. The SMILES string of the molecule is Cc1ccc(S(=O)(=O)N2N=C(c3ccccc3)CS2)cc1. The molecule has 0 bridgehead atoms. The maximum absolute atomic E-state index is 12.5. The van der Waals surface area contributed by atoms with Gasteiger partial charge < -0.3 is 0 Å². The summed E-state index contributed by atoms with van der Waals surface area (Å²) in [5, 5.41) is 4.25. The molecule has 3 rings (SSSR count). The summed E-state index contributed by atoms with van der Waals surface area (Å²) >= 11 is 1.19. The third kappa shape index (κ3) is 2.82. The van der Waals surface area contributed by atoms with Gasteiger partial charge >= 0.3 is 0 Å². The highest BCUT2D eigenvalue weighted by Crippen LogP contribution is 2.29. The van der Waals surface area contributed by atoms with Crippen LogP contribution in [0.4, 0.5) is 0 Å². The molecule has 1 aliphatic heterocycles. The number of hydrogen-bond donors (Lipinski definition) is 0. The fraction of sp³-hybridized carbons (Fsp3) is 0.133. The van der Waals surface area contributed by atoms with Crippen LogP contribution in [0.1, 0.15) is 11.1 Å². The molecule has 0 aromatic heterocycles. The highest BCUT2D eigenvalue weighted by molar-refractivity contribution is 8.09. The Labute approximate surface area is 128 Å². The van der Waals surface area contributed by atoms with Crippen LogP contribution in [0.3, 0.4) is 0 Å². The van der Waals surface area contributed by atoms with Crippen LogP contribution in [0.2, 0.25) is 0 Å². The van der Waals surface area contributed by atoms with Crippen LogP contribution < -0.4 is 0 Å². The molecule has 0 saturated heterocycles. The van der Waals surface area contributed by atoms with Gasteiger partial charge in [0.1, 0.15) is 0 Å². The summed E-state index contributed by atoms with van der Waals surface area (Å²) in [5.74, 6) is 0.551. The lowest BCUT2D eigenvalue weighted by Crippen LogP contribution is -2.17. The van der Waals surface area contributed by atoms with Gasteiger partial charge in [0.25, 0.3) is 10.0 Å². The fourth-order valence-corrected chi connectivity index (χ4v) is 4.42. The molecule has 0 atom stereocenters. The van der Waals surface area contributed by atoms with Crippen molar-refractivity contribution in [1.82, 2.24) is 3.82 Å². The Kier molecular flexibility index (Phi) is 3.73. The van der Waals surface area contributed by atoms with E-state index in [0.29, 0.717) is 5.75 Å². The fourth-order valence-electron chi connectivity index (χ4n) is 1.97. The number of aryl methyl sites for hydroxylation is 1. The lowest BCUT2D eigenvalue weighted by Gasteiger charge is -2.12. The van der Waals surface area contributed by atoms with Crippen LogP contribution in [0.25, 0.3) is 0 Å². The van der Waals surface area contributed by atoms with Gasteiger partial charge in [-0.3, -0.25) is 0 Å². The standard InChI is InChI=1S/C15H14N2O2S2/c1-12-7-9-14(10-8-12)21(18,19)17-16-15(11-20-17)13-5-3-2-4-6-13/h2-10H,11H2,1H3. The van der Waals surface area contributed by atoms with Crippen molar-refractivity contribution in [2.45, 2.75) is 11.8 Å². The van der Waals surface area contributed by atoms with Crippen LogP contribution in [0.5, 0.6) is 0 Å². The second-order valence-corrected chi connectivity index (χ2v) is 7.60. The zero-order chi connectivity index (χ0) is 14.9. The molecule has 21 heavy (non-hydrogen) atoms. The van der Waals surface area contributed by atoms with E-state index in [0.717, 1.165) is 20.7 Å². The Bertz CT molecular complexity index is 769. The molecule has 2 aromatic carbocycles. The van der Waals surface area contributed by atoms with Crippen LogP contribution in [-0.4, -0.2) is 23.7 Å². The van der Waals surface area contributed by atoms with E-state index >= 15 is 0 Å². The van der Waals surface area contributed by atoms with E-state index in [1.807, 2.05) is 37.3 Å². The van der Waals surface area contributed by atoms with Crippen molar-refractivity contribution in [1.29, 1.82) is 0 Å². The summed E-state index contributed by atoms with van der Waals surface area (Å²) in [6.45, 7) is 1.92. The number of nitrogens with zero attached hydrogens (tertiary/aromatic N) is 2. The summed E-state index contributed by atoms with van der Waals surface area (Å²) in [7, 11) is -3.59. The Morgan fingerprint density at radius 3 is 2.38 bits per heavy atom. The molecular weight excluding hydrogens is 304 g/mol. The summed E-state index contributed by atoms with van der Waals surface area (Å²) in [5.41, 5.74) is 2.75. The predicted molar refractivity (Wildman–Crippen MR) is 85.6 cm³/mol. The van der Waals surface area contributed by atoms with Crippen molar-refractivity contribution in [3.8, 4) is 0 Å². The third-order valence-corrected chi connectivity index (χ3v) is 6.12. The van der Waals surface area contributed by atoms with E-state index in [-0.39, 0.29) is 4.90 Å². The Hall–Kier alpha value is -1.79. The van der Waals surface area contributed by atoms with Gasteiger partial charge in [0.05, 0.1) is 16.4 Å². The zero-order valence-electron chi connectivity index (χ0n) is 11.4. The molecule has 108 valence electrons. The minimum atomic E-state index is -3.59. The second kappa shape index (κ2) is 5.54. The molecule has 6 heteroatoms. The smallest absolute Gasteiger partial charge is 0.199 e.